The lowest BCUT2D eigenvalue weighted by Crippen LogP contribution is -2.24. The van der Waals surface area contributed by atoms with E-state index in [1.165, 1.54) is 0 Å². The number of nitrogens with zero attached hydrogens (tertiary/aromatic N) is 2. The molecule has 1 aliphatic rings. The summed E-state index contributed by atoms with van der Waals surface area (Å²) in [5, 5.41) is 8.99. The third-order valence-corrected chi connectivity index (χ3v) is 3.12. The quantitative estimate of drug-likeness (QED) is 0.897. The van der Waals surface area contributed by atoms with Crippen LogP contribution in [-0.2, 0) is 6.54 Å². The summed E-state index contributed by atoms with van der Waals surface area (Å²) in [6, 6.07) is 3.09. The summed E-state index contributed by atoms with van der Waals surface area (Å²) in [7, 11) is 0. The maximum atomic E-state index is 13.4. The van der Waals surface area contributed by atoms with Gasteiger partial charge in [0.1, 0.15) is 17.5 Å². The van der Waals surface area contributed by atoms with Crippen LogP contribution in [0.15, 0.2) is 18.2 Å². The molecule has 1 fully saturated rings. The maximum Gasteiger partial charge on any atom is 0.291 e. The minimum absolute atomic E-state index is 0.0173. The van der Waals surface area contributed by atoms with Gasteiger partial charge in [0, 0.05) is 18.0 Å². The highest BCUT2D eigenvalue weighted by Crippen LogP contribution is 2.37. The van der Waals surface area contributed by atoms with Crippen molar-refractivity contribution < 1.29 is 13.6 Å². The van der Waals surface area contributed by atoms with Gasteiger partial charge < -0.3 is 5.32 Å². The summed E-state index contributed by atoms with van der Waals surface area (Å²) in [6.07, 6.45) is 2.09. The van der Waals surface area contributed by atoms with Crippen LogP contribution >= 0.6 is 0 Å². The van der Waals surface area contributed by atoms with Crippen LogP contribution in [0.2, 0.25) is 0 Å². The van der Waals surface area contributed by atoms with Crippen molar-refractivity contribution in [2.45, 2.75) is 25.3 Å². The first kappa shape index (κ1) is 12.7. The van der Waals surface area contributed by atoms with Gasteiger partial charge >= 0.3 is 0 Å². The molecule has 1 amide bonds. The van der Waals surface area contributed by atoms with Gasteiger partial charge in [0.25, 0.3) is 5.91 Å². The number of hydrogen-bond acceptors (Lipinski definition) is 3. The molecule has 1 aliphatic carbocycles. The molecule has 2 aromatic rings. The SMILES string of the molecule is O=C(NCc1cc(F)ccc1F)c1n[nH]c(C2CC2)n1. The molecule has 0 spiro atoms. The van der Waals surface area contributed by atoms with Crippen LogP contribution in [0.5, 0.6) is 0 Å². The monoisotopic (exact) mass is 278 g/mol. The zero-order valence-electron chi connectivity index (χ0n) is 10.5. The van der Waals surface area contributed by atoms with E-state index in [9.17, 15) is 13.6 Å². The molecule has 3 rings (SSSR count). The lowest BCUT2D eigenvalue weighted by Gasteiger charge is -2.04. The fourth-order valence-electron chi connectivity index (χ4n) is 1.85. The third kappa shape index (κ3) is 2.66. The smallest absolute Gasteiger partial charge is 0.291 e. The molecular weight excluding hydrogens is 266 g/mol. The average Bonchev–Trinajstić information content (AvgIpc) is 3.17. The van der Waals surface area contributed by atoms with Crippen molar-refractivity contribution in [1.82, 2.24) is 20.5 Å². The molecular formula is C13H12F2N4O. The van der Waals surface area contributed by atoms with Crippen molar-refractivity contribution in [2.75, 3.05) is 0 Å². The second-order valence-electron chi connectivity index (χ2n) is 4.74. The van der Waals surface area contributed by atoms with E-state index in [2.05, 4.69) is 20.5 Å². The number of H-pyrrole nitrogens is 1. The number of rotatable bonds is 4. The fraction of sp³-hybridized carbons (Fsp3) is 0.308. The van der Waals surface area contributed by atoms with Gasteiger partial charge in [-0.05, 0) is 31.0 Å². The number of aromatic nitrogens is 3. The van der Waals surface area contributed by atoms with Crippen molar-refractivity contribution >= 4 is 5.91 Å². The number of aromatic amines is 1. The van der Waals surface area contributed by atoms with E-state index in [4.69, 9.17) is 0 Å². The van der Waals surface area contributed by atoms with Crippen LogP contribution in [0.3, 0.4) is 0 Å². The molecule has 0 unspecified atom stereocenters. The molecule has 2 N–H and O–H groups in total. The Morgan fingerprint density at radius 1 is 1.40 bits per heavy atom. The zero-order valence-corrected chi connectivity index (χ0v) is 10.5. The lowest BCUT2D eigenvalue weighted by molar-refractivity contribution is 0.0940. The number of carbonyl (C=O) groups is 1. The summed E-state index contributed by atoms with van der Waals surface area (Å²) in [6.45, 7) is -0.115. The number of benzene rings is 1. The van der Waals surface area contributed by atoms with Gasteiger partial charge in [-0.2, -0.15) is 0 Å². The van der Waals surface area contributed by atoms with Crippen LogP contribution in [0.4, 0.5) is 8.78 Å². The molecule has 1 aromatic heterocycles. The molecule has 0 aliphatic heterocycles. The van der Waals surface area contributed by atoms with E-state index in [-0.39, 0.29) is 17.9 Å². The van der Waals surface area contributed by atoms with Crippen molar-refractivity contribution in [3.8, 4) is 0 Å². The van der Waals surface area contributed by atoms with Gasteiger partial charge in [-0.1, -0.05) is 0 Å². The fourth-order valence-corrected chi connectivity index (χ4v) is 1.85. The van der Waals surface area contributed by atoms with E-state index < -0.39 is 17.5 Å². The molecule has 20 heavy (non-hydrogen) atoms. The van der Waals surface area contributed by atoms with Crippen molar-refractivity contribution in [2.24, 2.45) is 0 Å². The van der Waals surface area contributed by atoms with E-state index >= 15 is 0 Å². The Morgan fingerprint density at radius 2 is 2.20 bits per heavy atom. The van der Waals surface area contributed by atoms with E-state index in [1.54, 1.807) is 0 Å². The minimum atomic E-state index is -0.569. The molecule has 0 atom stereocenters. The van der Waals surface area contributed by atoms with Gasteiger partial charge in [0.15, 0.2) is 0 Å². The Morgan fingerprint density at radius 3 is 2.95 bits per heavy atom. The molecule has 5 nitrogen and oxygen atoms in total. The summed E-state index contributed by atoms with van der Waals surface area (Å²) < 4.78 is 26.4. The minimum Gasteiger partial charge on any atom is -0.345 e. The first-order valence-electron chi connectivity index (χ1n) is 6.28. The number of amides is 1. The molecule has 0 radical (unpaired) electrons. The molecule has 0 bridgehead atoms. The van der Waals surface area contributed by atoms with Crippen LogP contribution in [0.1, 0.15) is 40.8 Å². The van der Waals surface area contributed by atoms with E-state index in [0.717, 1.165) is 31.0 Å². The number of nitrogens with one attached hydrogen (secondary N) is 2. The Bertz CT molecular complexity index is 652. The Kier molecular flexibility index (Phi) is 3.17. The van der Waals surface area contributed by atoms with Crippen LogP contribution in [-0.4, -0.2) is 21.1 Å². The van der Waals surface area contributed by atoms with Gasteiger partial charge in [-0.3, -0.25) is 9.89 Å². The first-order chi connectivity index (χ1) is 9.63. The average molecular weight is 278 g/mol. The largest absolute Gasteiger partial charge is 0.345 e. The zero-order chi connectivity index (χ0) is 14.1. The van der Waals surface area contributed by atoms with Crippen LogP contribution < -0.4 is 5.32 Å². The highest BCUT2D eigenvalue weighted by atomic mass is 19.1. The second-order valence-corrected chi connectivity index (χ2v) is 4.74. The highest BCUT2D eigenvalue weighted by molar-refractivity contribution is 5.90. The third-order valence-electron chi connectivity index (χ3n) is 3.12. The number of halogens is 2. The van der Waals surface area contributed by atoms with E-state index in [1.807, 2.05) is 0 Å². The summed E-state index contributed by atoms with van der Waals surface area (Å²) in [4.78, 5) is 15.9. The van der Waals surface area contributed by atoms with Gasteiger partial charge in [-0.15, -0.1) is 5.10 Å². The standard InChI is InChI=1S/C13H12F2N4O/c14-9-3-4-10(15)8(5-9)6-16-13(20)12-17-11(18-19-12)7-1-2-7/h3-5,7H,1-2,6H2,(H,16,20)(H,17,18,19). The molecule has 7 heteroatoms. The normalized spacial score (nSPS) is 14.3. The Balaban J connectivity index is 1.64. The number of carbonyl (C=O) groups excluding carboxylic acids is 1. The van der Waals surface area contributed by atoms with Crippen molar-refractivity contribution in [3.63, 3.8) is 0 Å². The molecule has 0 saturated heterocycles. The lowest BCUT2D eigenvalue weighted by atomic mass is 10.2. The topological polar surface area (TPSA) is 70.7 Å². The van der Waals surface area contributed by atoms with Crippen molar-refractivity contribution in [1.29, 1.82) is 0 Å². The molecule has 1 heterocycles. The Labute approximate surface area is 113 Å². The van der Waals surface area contributed by atoms with Gasteiger partial charge in [0.05, 0.1) is 0 Å². The predicted molar refractivity (Wildman–Crippen MR) is 65.9 cm³/mol. The maximum absolute atomic E-state index is 13.4. The second kappa shape index (κ2) is 4.99. The predicted octanol–water partition coefficient (Wildman–Crippen LogP) is 1.89. The summed E-state index contributed by atoms with van der Waals surface area (Å²) in [5.41, 5.74) is 0.0799. The van der Waals surface area contributed by atoms with Crippen LogP contribution in [0, 0.1) is 11.6 Å². The van der Waals surface area contributed by atoms with Crippen molar-refractivity contribution in [3.05, 3.63) is 47.0 Å². The molecule has 104 valence electrons. The first-order valence-corrected chi connectivity index (χ1v) is 6.28. The van der Waals surface area contributed by atoms with Gasteiger partial charge in [-0.25, -0.2) is 13.8 Å². The van der Waals surface area contributed by atoms with Crippen LogP contribution in [0.25, 0.3) is 0 Å². The highest BCUT2D eigenvalue weighted by Gasteiger charge is 2.28. The molecule has 1 aromatic carbocycles. The number of hydrogen-bond donors (Lipinski definition) is 2. The van der Waals surface area contributed by atoms with Gasteiger partial charge in [0.2, 0.25) is 5.82 Å². The summed E-state index contributed by atoms with van der Waals surface area (Å²) in [5.74, 6) is -0.553. The molecule has 1 saturated carbocycles. The van der Waals surface area contributed by atoms with E-state index in [0.29, 0.717) is 11.7 Å². The Hall–Kier alpha value is -2.31. The summed E-state index contributed by atoms with van der Waals surface area (Å²) >= 11 is 0.